The molecule has 0 bridgehead atoms. The Morgan fingerprint density at radius 1 is 1.50 bits per heavy atom. The summed E-state index contributed by atoms with van der Waals surface area (Å²) in [6.07, 6.45) is -1.97. The summed E-state index contributed by atoms with van der Waals surface area (Å²) in [5.41, 5.74) is 0.933. The fourth-order valence-corrected chi connectivity index (χ4v) is 1.73. The van der Waals surface area contributed by atoms with Crippen LogP contribution in [0.1, 0.15) is 17.2 Å². The molecule has 5 nitrogen and oxygen atoms in total. The number of aliphatic hydroxyl groups excluding tert-OH is 2. The van der Waals surface area contributed by atoms with Gasteiger partial charge in [-0.3, -0.25) is 10.1 Å². The Labute approximate surface area is 101 Å². The third-order valence-electron chi connectivity index (χ3n) is 2.28. The topological polar surface area (TPSA) is 83.6 Å². The van der Waals surface area contributed by atoms with E-state index in [0.717, 1.165) is 0 Å². The van der Waals surface area contributed by atoms with Gasteiger partial charge in [0.15, 0.2) is 0 Å². The van der Waals surface area contributed by atoms with E-state index in [1.165, 1.54) is 18.2 Å². The normalized spacial score (nSPS) is 14.5. The van der Waals surface area contributed by atoms with Gasteiger partial charge in [0.1, 0.15) is 6.10 Å². The van der Waals surface area contributed by atoms with Gasteiger partial charge in [-0.15, -0.1) is 0 Å². The summed E-state index contributed by atoms with van der Waals surface area (Å²) in [5, 5.41) is 29.9. The highest BCUT2D eigenvalue weighted by molar-refractivity contribution is 9.09. The average molecular weight is 290 g/mol. The number of nitro groups is 1. The number of rotatable bonds is 4. The summed E-state index contributed by atoms with van der Waals surface area (Å²) >= 11 is 3.05. The molecule has 2 atom stereocenters. The Morgan fingerprint density at radius 3 is 2.56 bits per heavy atom. The number of hydrogen-bond donors (Lipinski definition) is 2. The molecule has 2 N–H and O–H groups in total. The second-order valence-electron chi connectivity index (χ2n) is 3.47. The maximum absolute atomic E-state index is 10.6. The number of halogens is 1. The zero-order valence-electron chi connectivity index (χ0n) is 8.63. The molecule has 1 aromatic rings. The van der Waals surface area contributed by atoms with E-state index in [-0.39, 0.29) is 11.0 Å². The standard InChI is InChI=1S/C10H12BrNO4/c1-6-4-7(10(14)9(13)5-11)2-3-8(6)12(15)16/h2-4,9-10,13-14H,5H2,1H3. The number of nitrogens with zero attached hydrogens (tertiary/aromatic N) is 1. The highest BCUT2D eigenvalue weighted by Crippen LogP contribution is 2.24. The Morgan fingerprint density at radius 2 is 2.12 bits per heavy atom. The zero-order valence-corrected chi connectivity index (χ0v) is 10.2. The van der Waals surface area contributed by atoms with E-state index in [2.05, 4.69) is 15.9 Å². The number of alkyl halides is 1. The van der Waals surface area contributed by atoms with Crippen LogP contribution < -0.4 is 0 Å². The lowest BCUT2D eigenvalue weighted by Crippen LogP contribution is -2.19. The molecule has 0 heterocycles. The molecule has 1 aromatic carbocycles. The SMILES string of the molecule is Cc1cc(C(O)C(O)CBr)ccc1[N+](=O)[O-]. The molecule has 16 heavy (non-hydrogen) atoms. The molecule has 0 aliphatic rings. The molecule has 0 radical (unpaired) electrons. The van der Waals surface area contributed by atoms with E-state index in [9.17, 15) is 20.3 Å². The van der Waals surface area contributed by atoms with Crippen molar-refractivity contribution in [3.63, 3.8) is 0 Å². The van der Waals surface area contributed by atoms with Crippen molar-refractivity contribution in [2.45, 2.75) is 19.1 Å². The largest absolute Gasteiger partial charge is 0.389 e. The van der Waals surface area contributed by atoms with Gasteiger partial charge >= 0.3 is 0 Å². The van der Waals surface area contributed by atoms with Crippen LogP contribution in [0.25, 0.3) is 0 Å². The summed E-state index contributed by atoms with van der Waals surface area (Å²) < 4.78 is 0. The van der Waals surface area contributed by atoms with Crippen molar-refractivity contribution in [1.29, 1.82) is 0 Å². The first kappa shape index (κ1) is 13.1. The van der Waals surface area contributed by atoms with Crippen molar-refractivity contribution < 1.29 is 15.1 Å². The van der Waals surface area contributed by atoms with Crippen LogP contribution in [0.4, 0.5) is 5.69 Å². The number of benzene rings is 1. The molecule has 2 unspecified atom stereocenters. The fourth-order valence-electron chi connectivity index (χ4n) is 1.37. The molecule has 0 aliphatic carbocycles. The van der Waals surface area contributed by atoms with Crippen LogP contribution in [0.3, 0.4) is 0 Å². The molecule has 0 saturated carbocycles. The van der Waals surface area contributed by atoms with Gasteiger partial charge < -0.3 is 10.2 Å². The Bertz CT molecular complexity index is 396. The van der Waals surface area contributed by atoms with E-state index in [1.807, 2.05) is 0 Å². The molecule has 0 aliphatic heterocycles. The van der Waals surface area contributed by atoms with Crippen LogP contribution >= 0.6 is 15.9 Å². The maximum atomic E-state index is 10.6. The quantitative estimate of drug-likeness (QED) is 0.502. The van der Waals surface area contributed by atoms with E-state index in [4.69, 9.17) is 0 Å². The molecular weight excluding hydrogens is 278 g/mol. The minimum atomic E-state index is -1.04. The van der Waals surface area contributed by atoms with Gasteiger partial charge in [-0.05, 0) is 24.6 Å². The predicted molar refractivity (Wildman–Crippen MR) is 62.6 cm³/mol. The second kappa shape index (κ2) is 5.38. The number of hydrogen-bond acceptors (Lipinski definition) is 4. The summed E-state index contributed by atoms with van der Waals surface area (Å²) in [7, 11) is 0. The predicted octanol–water partition coefficient (Wildman–Crippen LogP) is 1.69. The first-order chi connectivity index (χ1) is 7.47. The molecule has 0 spiro atoms. The van der Waals surface area contributed by atoms with Crippen LogP contribution in [0.2, 0.25) is 0 Å². The van der Waals surface area contributed by atoms with Crippen LogP contribution in [0, 0.1) is 17.0 Å². The van der Waals surface area contributed by atoms with Crippen LogP contribution in [-0.2, 0) is 0 Å². The third-order valence-corrected chi connectivity index (χ3v) is 2.95. The molecule has 1 rings (SSSR count). The Balaban J connectivity index is 3.01. The first-order valence-electron chi connectivity index (χ1n) is 4.64. The zero-order chi connectivity index (χ0) is 12.3. The minimum Gasteiger partial charge on any atom is -0.389 e. The van der Waals surface area contributed by atoms with E-state index in [0.29, 0.717) is 11.1 Å². The summed E-state index contributed by atoms with van der Waals surface area (Å²) in [4.78, 5) is 10.1. The Kier molecular flexibility index (Phi) is 4.40. The second-order valence-corrected chi connectivity index (χ2v) is 4.12. The highest BCUT2D eigenvalue weighted by Gasteiger charge is 2.19. The highest BCUT2D eigenvalue weighted by atomic mass is 79.9. The number of aryl methyl sites for hydroxylation is 1. The van der Waals surface area contributed by atoms with Gasteiger partial charge in [-0.1, -0.05) is 15.9 Å². The summed E-state index contributed by atoms with van der Waals surface area (Å²) in [5.74, 6) is 0. The molecule has 88 valence electrons. The van der Waals surface area contributed by atoms with Gasteiger partial charge in [-0.2, -0.15) is 0 Å². The van der Waals surface area contributed by atoms with Crippen molar-refractivity contribution in [1.82, 2.24) is 0 Å². The van der Waals surface area contributed by atoms with Gasteiger partial charge in [0.25, 0.3) is 5.69 Å². The summed E-state index contributed by atoms with van der Waals surface area (Å²) in [6, 6.07) is 4.28. The van der Waals surface area contributed by atoms with Crippen molar-refractivity contribution in [3.8, 4) is 0 Å². The van der Waals surface area contributed by atoms with Crippen LogP contribution in [0.15, 0.2) is 18.2 Å². The molecule has 0 saturated heterocycles. The van der Waals surface area contributed by atoms with Crippen molar-refractivity contribution in [2.75, 3.05) is 5.33 Å². The van der Waals surface area contributed by atoms with Crippen molar-refractivity contribution >= 4 is 21.6 Å². The number of nitro benzene ring substituents is 1. The van der Waals surface area contributed by atoms with Gasteiger partial charge in [0, 0.05) is 17.0 Å². The lowest BCUT2D eigenvalue weighted by Gasteiger charge is -2.16. The molecule has 0 fully saturated rings. The first-order valence-corrected chi connectivity index (χ1v) is 5.76. The third kappa shape index (κ3) is 2.78. The van der Waals surface area contributed by atoms with Gasteiger partial charge in [0.05, 0.1) is 11.0 Å². The molecule has 0 aromatic heterocycles. The summed E-state index contributed by atoms with van der Waals surface area (Å²) in [6.45, 7) is 1.59. The van der Waals surface area contributed by atoms with Gasteiger partial charge in [0.2, 0.25) is 0 Å². The Hall–Kier alpha value is -0.980. The lowest BCUT2D eigenvalue weighted by atomic mass is 10.0. The maximum Gasteiger partial charge on any atom is 0.272 e. The fraction of sp³-hybridized carbons (Fsp3) is 0.400. The van der Waals surface area contributed by atoms with Crippen molar-refractivity contribution in [3.05, 3.63) is 39.4 Å². The number of aliphatic hydroxyl groups is 2. The molecule has 6 heteroatoms. The average Bonchev–Trinajstić information content (AvgIpc) is 2.26. The van der Waals surface area contributed by atoms with Gasteiger partial charge in [-0.25, -0.2) is 0 Å². The molecule has 0 amide bonds. The molecular formula is C10H12BrNO4. The van der Waals surface area contributed by atoms with E-state index < -0.39 is 17.1 Å². The monoisotopic (exact) mass is 289 g/mol. The smallest absolute Gasteiger partial charge is 0.272 e. The lowest BCUT2D eigenvalue weighted by molar-refractivity contribution is -0.385. The van der Waals surface area contributed by atoms with E-state index >= 15 is 0 Å². The minimum absolute atomic E-state index is 0.00396. The van der Waals surface area contributed by atoms with Crippen molar-refractivity contribution in [2.24, 2.45) is 0 Å². The van der Waals surface area contributed by atoms with E-state index in [1.54, 1.807) is 6.92 Å². The van der Waals surface area contributed by atoms with Crippen LogP contribution in [-0.4, -0.2) is 26.6 Å². The van der Waals surface area contributed by atoms with Crippen LogP contribution in [0.5, 0.6) is 0 Å².